The molecule has 0 radical (unpaired) electrons. The van der Waals surface area contributed by atoms with E-state index in [1.807, 2.05) is 6.07 Å². The van der Waals surface area contributed by atoms with Crippen LogP contribution in [0.5, 0.6) is 0 Å². The fourth-order valence-corrected chi connectivity index (χ4v) is 3.10. The molecule has 3 nitrogen and oxygen atoms in total. The van der Waals surface area contributed by atoms with Crippen LogP contribution in [0.1, 0.15) is 5.56 Å². The lowest BCUT2D eigenvalue weighted by Crippen LogP contribution is -2.29. The van der Waals surface area contributed by atoms with Crippen molar-refractivity contribution in [2.24, 2.45) is 0 Å². The number of rotatable bonds is 4. The average Bonchev–Trinajstić information content (AvgIpc) is 2.34. The van der Waals surface area contributed by atoms with Gasteiger partial charge in [-0.15, -0.1) is 0 Å². The molecular formula is C14H13BrFNO2S. The summed E-state index contributed by atoms with van der Waals surface area (Å²) in [4.78, 5) is 0. The first-order valence-electron chi connectivity index (χ1n) is 5.84. The Kier molecular flexibility index (Phi) is 4.45. The van der Waals surface area contributed by atoms with Crippen molar-refractivity contribution in [1.82, 2.24) is 0 Å². The van der Waals surface area contributed by atoms with Gasteiger partial charge in [-0.25, -0.2) is 12.8 Å². The smallest absolute Gasteiger partial charge is 0.232 e. The quantitative estimate of drug-likeness (QED) is 0.838. The van der Waals surface area contributed by atoms with Crippen LogP contribution in [0.3, 0.4) is 0 Å². The minimum atomic E-state index is -3.46. The van der Waals surface area contributed by atoms with Gasteiger partial charge in [0.1, 0.15) is 5.82 Å². The highest BCUT2D eigenvalue weighted by Gasteiger charge is 2.18. The van der Waals surface area contributed by atoms with Crippen molar-refractivity contribution in [2.45, 2.75) is 6.54 Å². The summed E-state index contributed by atoms with van der Waals surface area (Å²) in [6.45, 7) is 0.0903. The van der Waals surface area contributed by atoms with Gasteiger partial charge in [-0.2, -0.15) is 0 Å². The third-order valence-corrected chi connectivity index (χ3v) is 4.35. The molecule has 0 spiro atoms. The Bertz CT molecular complexity index is 719. The van der Waals surface area contributed by atoms with Crippen molar-refractivity contribution in [3.63, 3.8) is 0 Å². The molecule has 6 heteroatoms. The molecular weight excluding hydrogens is 345 g/mol. The van der Waals surface area contributed by atoms with E-state index in [0.29, 0.717) is 11.3 Å². The predicted octanol–water partition coefficient (Wildman–Crippen LogP) is 3.55. The van der Waals surface area contributed by atoms with Crippen LogP contribution in [0.4, 0.5) is 10.1 Å². The zero-order chi connectivity index (χ0) is 14.8. The number of anilines is 1. The molecule has 0 unspecified atom stereocenters. The molecule has 0 heterocycles. The molecule has 0 aliphatic rings. The zero-order valence-corrected chi connectivity index (χ0v) is 13.2. The van der Waals surface area contributed by atoms with Gasteiger partial charge < -0.3 is 0 Å². The molecule has 0 N–H and O–H groups in total. The van der Waals surface area contributed by atoms with Crippen molar-refractivity contribution in [3.8, 4) is 0 Å². The molecule has 2 aromatic rings. The zero-order valence-electron chi connectivity index (χ0n) is 10.8. The van der Waals surface area contributed by atoms with Gasteiger partial charge in [0, 0.05) is 4.47 Å². The van der Waals surface area contributed by atoms with Crippen molar-refractivity contribution in [2.75, 3.05) is 10.6 Å². The van der Waals surface area contributed by atoms with E-state index in [-0.39, 0.29) is 12.4 Å². The highest BCUT2D eigenvalue weighted by Crippen LogP contribution is 2.24. The van der Waals surface area contributed by atoms with E-state index < -0.39 is 10.0 Å². The Balaban J connectivity index is 2.40. The van der Waals surface area contributed by atoms with Crippen LogP contribution in [0.25, 0.3) is 0 Å². The monoisotopic (exact) mass is 357 g/mol. The number of hydrogen-bond acceptors (Lipinski definition) is 2. The van der Waals surface area contributed by atoms with Crippen LogP contribution < -0.4 is 4.31 Å². The maximum atomic E-state index is 13.2. The third kappa shape index (κ3) is 3.80. The van der Waals surface area contributed by atoms with Crippen LogP contribution in [-0.4, -0.2) is 14.7 Å². The van der Waals surface area contributed by atoms with Crippen molar-refractivity contribution in [1.29, 1.82) is 0 Å². The van der Waals surface area contributed by atoms with E-state index in [2.05, 4.69) is 15.9 Å². The molecule has 0 atom stereocenters. The highest BCUT2D eigenvalue weighted by molar-refractivity contribution is 9.10. The SMILES string of the molecule is CS(=O)(=O)N(Cc1cccc(F)c1)c1cccc(Br)c1. The minimum Gasteiger partial charge on any atom is -0.266 e. The second-order valence-corrected chi connectivity index (χ2v) is 7.20. The fraction of sp³-hybridized carbons (Fsp3) is 0.143. The van der Waals surface area contributed by atoms with Crippen LogP contribution in [-0.2, 0) is 16.6 Å². The fourth-order valence-electron chi connectivity index (χ4n) is 1.83. The van der Waals surface area contributed by atoms with E-state index in [0.717, 1.165) is 10.7 Å². The lowest BCUT2D eigenvalue weighted by atomic mass is 10.2. The maximum absolute atomic E-state index is 13.2. The molecule has 0 aliphatic heterocycles. The van der Waals surface area contributed by atoms with Crippen LogP contribution in [0.15, 0.2) is 53.0 Å². The van der Waals surface area contributed by atoms with Gasteiger partial charge in [-0.3, -0.25) is 4.31 Å². The second kappa shape index (κ2) is 5.93. The normalized spacial score (nSPS) is 11.3. The van der Waals surface area contributed by atoms with Crippen molar-refractivity contribution in [3.05, 3.63) is 64.4 Å². The van der Waals surface area contributed by atoms with Crippen LogP contribution in [0.2, 0.25) is 0 Å². The molecule has 2 aromatic carbocycles. The van der Waals surface area contributed by atoms with Gasteiger partial charge in [-0.05, 0) is 35.9 Å². The van der Waals surface area contributed by atoms with Crippen molar-refractivity contribution >= 4 is 31.6 Å². The number of hydrogen-bond donors (Lipinski definition) is 0. The van der Waals surface area contributed by atoms with E-state index in [4.69, 9.17) is 0 Å². The number of sulfonamides is 1. The largest absolute Gasteiger partial charge is 0.266 e. The second-order valence-electron chi connectivity index (χ2n) is 4.38. The molecule has 0 saturated heterocycles. The molecule has 0 saturated carbocycles. The first-order valence-corrected chi connectivity index (χ1v) is 8.48. The molecule has 0 aromatic heterocycles. The summed E-state index contributed by atoms with van der Waals surface area (Å²) in [5, 5.41) is 0. The summed E-state index contributed by atoms with van der Waals surface area (Å²) in [6, 6.07) is 12.9. The number of nitrogens with zero attached hydrogens (tertiary/aromatic N) is 1. The molecule has 2 rings (SSSR count). The van der Waals surface area contributed by atoms with E-state index in [9.17, 15) is 12.8 Å². The van der Waals surface area contributed by atoms with Gasteiger partial charge in [0.05, 0.1) is 18.5 Å². The Morgan fingerprint density at radius 1 is 1.15 bits per heavy atom. The number of benzene rings is 2. The third-order valence-electron chi connectivity index (χ3n) is 2.71. The van der Waals surface area contributed by atoms with Gasteiger partial charge in [-0.1, -0.05) is 34.1 Å². The van der Waals surface area contributed by atoms with Gasteiger partial charge >= 0.3 is 0 Å². The minimum absolute atomic E-state index is 0.0903. The first-order chi connectivity index (χ1) is 9.36. The summed E-state index contributed by atoms with van der Waals surface area (Å²) >= 11 is 3.31. The molecule has 0 fully saturated rings. The van der Waals surface area contributed by atoms with Gasteiger partial charge in [0.25, 0.3) is 0 Å². The van der Waals surface area contributed by atoms with E-state index in [1.54, 1.807) is 30.3 Å². The van der Waals surface area contributed by atoms with Gasteiger partial charge in [0.2, 0.25) is 10.0 Å². The molecule has 0 amide bonds. The Morgan fingerprint density at radius 2 is 1.85 bits per heavy atom. The molecule has 20 heavy (non-hydrogen) atoms. The summed E-state index contributed by atoms with van der Waals surface area (Å²) in [5.41, 5.74) is 1.13. The van der Waals surface area contributed by atoms with Crippen molar-refractivity contribution < 1.29 is 12.8 Å². The Morgan fingerprint density at radius 3 is 2.45 bits per heavy atom. The Labute approximate surface area is 126 Å². The average molecular weight is 358 g/mol. The number of halogens is 2. The lowest BCUT2D eigenvalue weighted by Gasteiger charge is -2.22. The highest BCUT2D eigenvalue weighted by atomic mass is 79.9. The van der Waals surface area contributed by atoms with Crippen LogP contribution in [0, 0.1) is 5.82 Å². The summed E-state index contributed by atoms with van der Waals surface area (Å²) < 4.78 is 39.1. The van der Waals surface area contributed by atoms with E-state index in [1.165, 1.54) is 16.4 Å². The molecule has 0 bridgehead atoms. The summed E-state index contributed by atoms with van der Waals surface area (Å²) in [6.07, 6.45) is 1.13. The predicted molar refractivity (Wildman–Crippen MR) is 81.6 cm³/mol. The summed E-state index contributed by atoms with van der Waals surface area (Å²) in [5.74, 6) is -0.384. The Hall–Kier alpha value is -1.40. The van der Waals surface area contributed by atoms with Crippen LogP contribution >= 0.6 is 15.9 Å². The standard InChI is InChI=1S/C14H13BrFNO2S/c1-20(18,19)17(14-7-3-5-12(15)9-14)10-11-4-2-6-13(16)8-11/h2-9H,10H2,1H3. The van der Waals surface area contributed by atoms with E-state index >= 15 is 0 Å². The first kappa shape index (κ1) is 15.0. The molecule has 0 aliphatic carbocycles. The maximum Gasteiger partial charge on any atom is 0.232 e. The molecule has 106 valence electrons. The van der Waals surface area contributed by atoms with Gasteiger partial charge in [0.15, 0.2) is 0 Å². The summed E-state index contributed by atoms with van der Waals surface area (Å²) in [7, 11) is -3.46. The lowest BCUT2D eigenvalue weighted by molar-refractivity contribution is 0.595. The topological polar surface area (TPSA) is 37.4 Å².